The molecule has 0 bridgehead atoms. The predicted molar refractivity (Wildman–Crippen MR) is 121 cm³/mol. The van der Waals surface area contributed by atoms with Gasteiger partial charge >= 0.3 is 5.97 Å². The van der Waals surface area contributed by atoms with Crippen molar-refractivity contribution in [1.29, 1.82) is 0 Å². The number of hydrogen-bond acceptors (Lipinski definition) is 4. The Kier molecular flexibility index (Phi) is 7.33. The van der Waals surface area contributed by atoms with Gasteiger partial charge in [-0.1, -0.05) is 64.1 Å². The van der Waals surface area contributed by atoms with Crippen molar-refractivity contribution in [3.63, 3.8) is 0 Å². The molecule has 0 spiro atoms. The van der Waals surface area contributed by atoms with E-state index in [0.29, 0.717) is 30.3 Å². The van der Waals surface area contributed by atoms with Crippen LogP contribution in [0.25, 0.3) is 0 Å². The molecule has 2 atom stereocenters. The first-order valence-electron chi connectivity index (χ1n) is 10.9. The summed E-state index contributed by atoms with van der Waals surface area (Å²) < 4.78 is 5.92. The Morgan fingerprint density at radius 1 is 1.13 bits per heavy atom. The van der Waals surface area contributed by atoms with Crippen LogP contribution >= 0.6 is 0 Å². The molecule has 166 valence electrons. The molecule has 0 saturated heterocycles. The average Bonchev–Trinajstić information content (AvgIpc) is 2.85. The van der Waals surface area contributed by atoms with Crippen molar-refractivity contribution in [2.75, 3.05) is 11.5 Å². The summed E-state index contributed by atoms with van der Waals surface area (Å²) in [5, 5.41) is 12.7. The smallest absolute Gasteiger partial charge is 0.320 e. The van der Waals surface area contributed by atoms with Gasteiger partial charge in [0, 0.05) is 0 Å². The van der Waals surface area contributed by atoms with Gasteiger partial charge in [0.15, 0.2) is 0 Å². The van der Waals surface area contributed by atoms with Crippen LogP contribution in [-0.2, 0) is 16.1 Å². The number of carbonyl (C=O) groups is 2. The molecule has 0 aromatic heterocycles. The fraction of sp³-hybridized carbons (Fsp3) is 0.440. The third kappa shape index (κ3) is 5.64. The second kappa shape index (κ2) is 9.96. The van der Waals surface area contributed by atoms with Gasteiger partial charge in [0.05, 0.1) is 12.2 Å². The van der Waals surface area contributed by atoms with E-state index in [1.807, 2.05) is 50.2 Å². The van der Waals surface area contributed by atoms with Gasteiger partial charge in [-0.05, 0) is 41.5 Å². The number of fused-ring (bicyclic) bond motifs is 1. The molecule has 6 heteroatoms. The molecule has 1 heterocycles. The minimum atomic E-state index is -0.959. The number of carboxylic acids is 1. The number of rotatable bonds is 8. The summed E-state index contributed by atoms with van der Waals surface area (Å²) in [6.45, 7) is 8.69. The van der Waals surface area contributed by atoms with Crippen LogP contribution in [0.5, 0.6) is 5.75 Å². The standard InChI is InChI=1S/C25H32N2O4/c1-16(2)13-20(25(29)30)26-21-15-31-23-8-6-5-7-22(23)27(24(21)28)14-18-9-11-19(12-10-18)17(3)4/h5-12,16-17,20-21,26H,13-15H2,1-4H3,(H,29,30)/t20-,21-/m0/s1. The predicted octanol–water partition coefficient (Wildman–Crippen LogP) is 4.19. The summed E-state index contributed by atoms with van der Waals surface area (Å²) in [4.78, 5) is 27.0. The van der Waals surface area contributed by atoms with Crippen molar-refractivity contribution >= 4 is 17.6 Å². The number of nitrogens with zero attached hydrogens (tertiary/aromatic N) is 1. The number of benzene rings is 2. The van der Waals surface area contributed by atoms with Gasteiger partial charge in [-0.3, -0.25) is 14.9 Å². The molecule has 1 aliphatic heterocycles. The Bertz CT molecular complexity index is 908. The van der Waals surface area contributed by atoms with E-state index in [0.717, 1.165) is 5.56 Å². The third-order valence-corrected chi connectivity index (χ3v) is 5.52. The van der Waals surface area contributed by atoms with E-state index in [-0.39, 0.29) is 18.4 Å². The van der Waals surface area contributed by atoms with Crippen molar-refractivity contribution in [2.45, 2.75) is 58.7 Å². The van der Waals surface area contributed by atoms with Crippen molar-refractivity contribution in [3.05, 3.63) is 59.7 Å². The van der Waals surface area contributed by atoms with Crippen LogP contribution in [0.15, 0.2) is 48.5 Å². The van der Waals surface area contributed by atoms with Crippen molar-refractivity contribution in [2.24, 2.45) is 5.92 Å². The molecule has 31 heavy (non-hydrogen) atoms. The molecule has 0 aliphatic carbocycles. The molecule has 0 saturated carbocycles. The second-order valence-corrected chi connectivity index (χ2v) is 8.84. The molecule has 2 N–H and O–H groups in total. The summed E-state index contributed by atoms with van der Waals surface area (Å²) in [5.41, 5.74) is 2.94. The first kappa shape index (κ1) is 22.8. The first-order valence-corrected chi connectivity index (χ1v) is 10.9. The molecule has 2 aromatic carbocycles. The molecular weight excluding hydrogens is 392 g/mol. The highest BCUT2D eigenvalue weighted by atomic mass is 16.5. The first-order chi connectivity index (χ1) is 14.8. The molecule has 2 aromatic rings. The highest BCUT2D eigenvalue weighted by Crippen LogP contribution is 2.32. The Morgan fingerprint density at radius 2 is 1.81 bits per heavy atom. The number of anilines is 1. The zero-order chi connectivity index (χ0) is 22.5. The number of nitrogens with one attached hydrogen (secondary N) is 1. The van der Waals surface area contributed by atoms with Crippen molar-refractivity contribution in [1.82, 2.24) is 5.32 Å². The van der Waals surface area contributed by atoms with E-state index in [4.69, 9.17) is 4.74 Å². The minimum Gasteiger partial charge on any atom is -0.489 e. The number of amides is 1. The lowest BCUT2D eigenvalue weighted by Crippen LogP contribution is -2.54. The largest absolute Gasteiger partial charge is 0.489 e. The van der Waals surface area contributed by atoms with Crippen LogP contribution in [0, 0.1) is 5.92 Å². The summed E-state index contributed by atoms with van der Waals surface area (Å²) >= 11 is 0. The van der Waals surface area contributed by atoms with Crippen LogP contribution in [0.3, 0.4) is 0 Å². The van der Waals surface area contributed by atoms with Crippen LogP contribution < -0.4 is 15.0 Å². The third-order valence-electron chi connectivity index (χ3n) is 5.52. The summed E-state index contributed by atoms with van der Waals surface area (Å²) in [6.07, 6.45) is 0.433. The molecule has 3 rings (SSSR count). The Labute approximate surface area is 184 Å². The number of carbonyl (C=O) groups excluding carboxylic acids is 1. The quantitative estimate of drug-likeness (QED) is 0.664. The molecule has 6 nitrogen and oxygen atoms in total. The SMILES string of the molecule is CC(C)C[C@H](N[C@H]1COc2ccccc2N(Cc2ccc(C(C)C)cc2)C1=O)C(=O)O. The summed E-state index contributed by atoms with van der Waals surface area (Å²) in [6, 6.07) is 14.1. The number of ether oxygens (including phenoxy) is 1. The van der Waals surface area contributed by atoms with Crippen LogP contribution in [-0.4, -0.2) is 35.7 Å². The van der Waals surface area contributed by atoms with Crippen LogP contribution in [0.2, 0.25) is 0 Å². The topological polar surface area (TPSA) is 78.9 Å². The fourth-order valence-corrected chi connectivity index (χ4v) is 3.78. The molecule has 0 fully saturated rings. The van der Waals surface area contributed by atoms with Crippen LogP contribution in [0.4, 0.5) is 5.69 Å². The van der Waals surface area contributed by atoms with Crippen molar-refractivity contribution < 1.29 is 19.4 Å². The van der Waals surface area contributed by atoms with Gasteiger partial charge < -0.3 is 14.7 Å². The monoisotopic (exact) mass is 424 g/mol. The van der Waals surface area contributed by atoms with Gasteiger partial charge in [-0.2, -0.15) is 0 Å². The summed E-state index contributed by atoms with van der Waals surface area (Å²) in [7, 11) is 0. The van der Waals surface area contributed by atoms with E-state index in [1.54, 1.807) is 4.90 Å². The van der Waals surface area contributed by atoms with E-state index in [2.05, 4.69) is 31.3 Å². The van der Waals surface area contributed by atoms with Crippen molar-refractivity contribution in [3.8, 4) is 5.75 Å². The maximum atomic E-state index is 13.5. The molecule has 1 aliphatic rings. The van der Waals surface area contributed by atoms with E-state index in [9.17, 15) is 14.7 Å². The Hall–Kier alpha value is -2.86. The highest BCUT2D eigenvalue weighted by Gasteiger charge is 2.34. The number of carboxylic acid groups (broad SMARTS) is 1. The summed E-state index contributed by atoms with van der Waals surface area (Å²) in [5.74, 6) is 0.0929. The zero-order valence-corrected chi connectivity index (χ0v) is 18.7. The van der Waals surface area contributed by atoms with E-state index < -0.39 is 18.1 Å². The average molecular weight is 425 g/mol. The fourth-order valence-electron chi connectivity index (χ4n) is 3.78. The maximum Gasteiger partial charge on any atom is 0.320 e. The van der Waals surface area contributed by atoms with E-state index >= 15 is 0 Å². The van der Waals surface area contributed by atoms with E-state index in [1.165, 1.54) is 5.56 Å². The Balaban J connectivity index is 1.88. The lowest BCUT2D eigenvalue weighted by atomic mass is 10.0. The number of para-hydroxylation sites is 2. The lowest BCUT2D eigenvalue weighted by molar-refractivity contribution is -0.140. The molecule has 0 radical (unpaired) electrons. The van der Waals surface area contributed by atoms with Gasteiger partial charge in [-0.25, -0.2) is 0 Å². The molecule has 0 unspecified atom stereocenters. The van der Waals surface area contributed by atoms with Gasteiger partial charge in [-0.15, -0.1) is 0 Å². The van der Waals surface area contributed by atoms with Crippen LogP contribution in [0.1, 0.15) is 51.2 Å². The molecular formula is C25H32N2O4. The van der Waals surface area contributed by atoms with Gasteiger partial charge in [0.1, 0.15) is 24.4 Å². The number of hydrogen-bond donors (Lipinski definition) is 2. The zero-order valence-electron chi connectivity index (χ0n) is 18.7. The number of aliphatic carboxylic acids is 1. The van der Waals surface area contributed by atoms with Gasteiger partial charge in [0.2, 0.25) is 5.91 Å². The normalized spacial score (nSPS) is 17.3. The maximum absolute atomic E-state index is 13.5. The molecule has 1 amide bonds. The Morgan fingerprint density at radius 3 is 2.42 bits per heavy atom. The highest BCUT2D eigenvalue weighted by molar-refractivity contribution is 5.99. The minimum absolute atomic E-state index is 0.0838. The van der Waals surface area contributed by atoms with Gasteiger partial charge in [0.25, 0.3) is 0 Å². The second-order valence-electron chi connectivity index (χ2n) is 8.84. The lowest BCUT2D eigenvalue weighted by Gasteiger charge is -2.27.